The first-order valence-corrected chi connectivity index (χ1v) is 8.86. The maximum atomic E-state index is 12.2. The van der Waals surface area contributed by atoms with E-state index in [1.54, 1.807) is 18.2 Å². The van der Waals surface area contributed by atoms with Gasteiger partial charge in [0.2, 0.25) is 0 Å². The molecule has 0 aliphatic heterocycles. The van der Waals surface area contributed by atoms with E-state index in [4.69, 9.17) is 31.1 Å². The van der Waals surface area contributed by atoms with Gasteiger partial charge in [-0.25, -0.2) is 4.79 Å². The first-order valence-electron chi connectivity index (χ1n) is 8.48. The Hall–Kier alpha value is -3.50. The monoisotopic (exact) mass is 414 g/mol. The summed E-state index contributed by atoms with van der Waals surface area (Å²) in [5, 5.41) is 11.7. The Labute approximate surface area is 173 Å². The zero-order chi connectivity index (χ0) is 21.4. The van der Waals surface area contributed by atoms with Crippen LogP contribution in [0.2, 0.25) is 5.02 Å². The van der Waals surface area contributed by atoms with Gasteiger partial charge in [-0.05, 0) is 48.9 Å². The minimum absolute atomic E-state index is 0.214. The molecule has 2 aromatic rings. The average Bonchev–Trinajstić information content (AvgIpc) is 2.72. The third-order valence-electron chi connectivity index (χ3n) is 3.80. The van der Waals surface area contributed by atoms with Gasteiger partial charge in [-0.3, -0.25) is 4.79 Å². The number of hydrogen-bond acceptors (Lipinski definition) is 6. The zero-order valence-electron chi connectivity index (χ0n) is 16.1. The minimum atomic E-state index is -1.04. The summed E-state index contributed by atoms with van der Waals surface area (Å²) in [6, 6.07) is 11.5. The van der Waals surface area contributed by atoms with Gasteiger partial charge in [-0.1, -0.05) is 11.6 Å². The lowest BCUT2D eigenvalue weighted by Crippen LogP contribution is -2.29. The Morgan fingerprint density at radius 3 is 2.34 bits per heavy atom. The number of esters is 1. The predicted molar refractivity (Wildman–Crippen MR) is 109 cm³/mol. The number of nitrogens with one attached hydrogen (secondary N) is 1. The molecule has 1 atom stereocenters. The van der Waals surface area contributed by atoms with E-state index in [1.165, 1.54) is 51.5 Å². The number of rotatable bonds is 7. The van der Waals surface area contributed by atoms with Crippen LogP contribution in [0.15, 0.2) is 42.5 Å². The first-order chi connectivity index (χ1) is 13.9. The van der Waals surface area contributed by atoms with Crippen LogP contribution in [0, 0.1) is 11.3 Å². The Morgan fingerprint density at radius 1 is 1.14 bits per heavy atom. The number of nitriles is 1. The SMILES string of the molecule is COc1cc(/C=C/C(=O)O[C@@H](C)C(=O)Nc2ccc(C#N)c(Cl)c2)cc(OC)c1. The molecule has 0 aliphatic rings. The fraction of sp³-hybridized carbons (Fsp3) is 0.190. The molecule has 0 bridgehead atoms. The number of nitrogens with zero attached hydrogens (tertiary/aromatic N) is 1. The van der Waals surface area contributed by atoms with E-state index in [1.807, 2.05) is 6.07 Å². The van der Waals surface area contributed by atoms with Crippen molar-refractivity contribution < 1.29 is 23.8 Å². The number of hydrogen-bond donors (Lipinski definition) is 1. The van der Waals surface area contributed by atoms with Crippen molar-refractivity contribution in [1.82, 2.24) is 0 Å². The average molecular weight is 415 g/mol. The van der Waals surface area contributed by atoms with Gasteiger partial charge in [0.05, 0.1) is 24.8 Å². The molecule has 0 heterocycles. The van der Waals surface area contributed by atoms with Gasteiger partial charge in [0.25, 0.3) is 5.91 Å². The summed E-state index contributed by atoms with van der Waals surface area (Å²) < 4.78 is 15.4. The van der Waals surface area contributed by atoms with Crippen molar-refractivity contribution in [1.29, 1.82) is 5.26 Å². The maximum Gasteiger partial charge on any atom is 0.331 e. The van der Waals surface area contributed by atoms with E-state index in [0.29, 0.717) is 28.3 Å². The van der Waals surface area contributed by atoms with Crippen LogP contribution >= 0.6 is 11.6 Å². The lowest BCUT2D eigenvalue weighted by Gasteiger charge is -2.12. The van der Waals surface area contributed by atoms with Gasteiger partial charge in [0, 0.05) is 17.8 Å². The van der Waals surface area contributed by atoms with Gasteiger partial charge >= 0.3 is 5.97 Å². The highest BCUT2D eigenvalue weighted by Gasteiger charge is 2.17. The van der Waals surface area contributed by atoms with E-state index in [2.05, 4.69) is 5.32 Å². The van der Waals surface area contributed by atoms with Crippen molar-refractivity contribution in [2.24, 2.45) is 0 Å². The lowest BCUT2D eigenvalue weighted by molar-refractivity contribution is -0.148. The highest BCUT2D eigenvalue weighted by atomic mass is 35.5. The second kappa shape index (κ2) is 10.2. The van der Waals surface area contributed by atoms with Crippen LogP contribution in [-0.4, -0.2) is 32.2 Å². The highest BCUT2D eigenvalue weighted by molar-refractivity contribution is 6.32. The molecule has 1 amide bonds. The number of methoxy groups -OCH3 is 2. The molecule has 0 spiro atoms. The molecular weight excluding hydrogens is 396 g/mol. The largest absolute Gasteiger partial charge is 0.497 e. The fourth-order valence-electron chi connectivity index (χ4n) is 2.28. The fourth-order valence-corrected chi connectivity index (χ4v) is 2.51. The third kappa shape index (κ3) is 6.26. The van der Waals surface area contributed by atoms with Gasteiger partial charge < -0.3 is 19.5 Å². The van der Waals surface area contributed by atoms with Crippen molar-refractivity contribution >= 4 is 35.2 Å². The molecule has 1 N–H and O–H groups in total. The Morgan fingerprint density at radius 2 is 1.79 bits per heavy atom. The molecule has 8 heteroatoms. The van der Waals surface area contributed by atoms with Crippen LogP contribution in [-0.2, 0) is 14.3 Å². The maximum absolute atomic E-state index is 12.2. The van der Waals surface area contributed by atoms with Crippen molar-refractivity contribution in [3.05, 3.63) is 58.6 Å². The van der Waals surface area contributed by atoms with Crippen molar-refractivity contribution in [2.75, 3.05) is 19.5 Å². The molecule has 29 heavy (non-hydrogen) atoms. The predicted octanol–water partition coefficient (Wildman–Crippen LogP) is 3.81. The van der Waals surface area contributed by atoms with E-state index < -0.39 is 18.0 Å². The van der Waals surface area contributed by atoms with Crippen molar-refractivity contribution in [3.63, 3.8) is 0 Å². The van der Waals surface area contributed by atoms with Gasteiger partial charge in [-0.15, -0.1) is 0 Å². The number of amides is 1. The van der Waals surface area contributed by atoms with Crippen LogP contribution in [0.1, 0.15) is 18.1 Å². The number of carbonyl (C=O) groups excluding carboxylic acids is 2. The second-order valence-electron chi connectivity index (χ2n) is 5.85. The molecule has 0 aromatic heterocycles. The molecule has 2 aromatic carbocycles. The van der Waals surface area contributed by atoms with E-state index >= 15 is 0 Å². The summed E-state index contributed by atoms with van der Waals surface area (Å²) in [7, 11) is 3.05. The summed E-state index contributed by atoms with van der Waals surface area (Å²) in [6.45, 7) is 1.45. The molecule has 0 unspecified atom stereocenters. The molecule has 2 rings (SSSR count). The Balaban J connectivity index is 1.97. The summed E-state index contributed by atoms with van der Waals surface area (Å²) in [4.78, 5) is 24.2. The molecular formula is C21H19ClN2O5. The topological polar surface area (TPSA) is 97.6 Å². The van der Waals surface area contributed by atoms with Gasteiger partial charge in [0.15, 0.2) is 6.10 Å². The van der Waals surface area contributed by atoms with Crippen LogP contribution < -0.4 is 14.8 Å². The lowest BCUT2D eigenvalue weighted by atomic mass is 10.2. The van der Waals surface area contributed by atoms with E-state index in [-0.39, 0.29) is 5.02 Å². The summed E-state index contributed by atoms with van der Waals surface area (Å²) >= 11 is 5.93. The molecule has 7 nitrogen and oxygen atoms in total. The minimum Gasteiger partial charge on any atom is -0.497 e. The molecule has 0 saturated carbocycles. The van der Waals surface area contributed by atoms with Crippen LogP contribution in [0.5, 0.6) is 11.5 Å². The van der Waals surface area contributed by atoms with Gasteiger partial charge in [0.1, 0.15) is 17.6 Å². The smallest absolute Gasteiger partial charge is 0.331 e. The molecule has 0 aliphatic carbocycles. The van der Waals surface area contributed by atoms with Crippen LogP contribution in [0.4, 0.5) is 5.69 Å². The number of anilines is 1. The van der Waals surface area contributed by atoms with Crippen LogP contribution in [0.3, 0.4) is 0 Å². The zero-order valence-corrected chi connectivity index (χ0v) is 16.8. The number of benzene rings is 2. The van der Waals surface area contributed by atoms with E-state index in [9.17, 15) is 9.59 Å². The molecule has 0 saturated heterocycles. The summed E-state index contributed by atoms with van der Waals surface area (Å²) in [5.41, 5.74) is 1.35. The Kier molecular flexibility index (Phi) is 7.63. The number of ether oxygens (including phenoxy) is 3. The normalized spacial score (nSPS) is 11.4. The molecule has 150 valence electrons. The quantitative estimate of drug-likeness (QED) is 0.546. The van der Waals surface area contributed by atoms with Crippen LogP contribution in [0.25, 0.3) is 6.08 Å². The number of halogens is 1. The van der Waals surface area contributed by atoms with Crippen molar-refractivity contribution in [2.45, 2.75) is 13.0 Å². The summed E-state index contributed by atoms with van der Waals surface area (Å²) in [5.74, 6) is -0.0692. The van der Waals surface area contributed by atoms with Crippen molar-refractivity contribution in [3.8, 4) is 17.6 Å². The Bertz CT molecular complexity index is 959. The molecule has 0 radical (unpaired) electrons. The molecule has 0 fully saturated rings. The second-order valence-corrected chi connectivity index (χ2v) is 6.26. The standard InChI is InChI=1S/C21H19ClN2O5/c1-13(21(26)24-16-6-5-15(12-23)19(22)10-16)29-20(25)7-4-14-8-17(27-2)11-18(9-14)28-3/h4-11,13H,1-3H3,(H,24,26)/b7-4+/t13-/m0/s1. The summed E-state index contributed by atoms with van der Waals surface area (Å²) in [6.07, 6.45) is 1.69. The van der Waals surface area contributed by atoms with E-state index in [0.717, 1.165) is 0 Å². The number of carbonyl (C=O) groups is 2. The van der Waals surface area contributed by atoms with Gasteiger partial charge in [-0.2, -0.15) is 5.26 Å². The first kappa shape index (κ1) is 21.8. The highest BCUT2D eigenvalue weighted by Crippen LogP contribution is 2.23. The third-order valence-corrected chi connectivity index (χ3v) is 4.12.